The lowest BCUT2D eigenvalue weighted by Crippen LogP contribution is -2.48. The van der Waals surface area contributed by atoms with E-state index in [1.165, 1.54) is 31.2 Å². The van der Waals surface area contributed by atoms with Gasteiger partial charge in [0.05, 0.1) is 0 Å². The number of fused-ring (bicyclic) bond motifs is 1. The van der Waals surface area contributed by atoms with Gasteiger partial charge in [0, 0.05) is 12.0 Å². The monoisotopic (exact) mass is 289 g/mol. The van der Waals surface area contributed by atoms with Crippen molar-refractivity contribution in [1.29, 1.82) is 0 Å². The first kappa shape index (κ1) is 14.7. The van der Waals surface area contributed by atoms with Gasteiger partial charge in [0.15, 0.2) is 11.5 Å². The van der Waals surface area contributed by atoms with Crippen LogP contribution in [-0.2, 0) is 5.41 Å². The van der Waals surface area contributed by atoms with Gasteiger partial charge in [-0.1, -0.05) is 26.3 Å². The lowest BCUT2D eigenvalue weighted by Gasteiger charge is -2.49. The predicted molar refractivity (Wildman–Crippen MR) is 85.3 cm³/mol. The van der Waals surface area contributed by atoms with Crippen LogP contribution in [-0.4, -0.2) is 26.3 Å². The molecule has 3 nitrogen and oxygen atoms in total. The van der Waals surface area contributed by atoms with Gasteiger partial charge in [0.1, 0.15) is 13.2 Å². The molecule has 0 atom stereocenters. The van der Waals surface area contributed by atoms with E-state index >= 15 is 0 Å². The van der Waals surface area contributed by atoms with Crippen molar-refractivity contribution in [2.24, 2.45) is 5.92 Å². The van der Waals surface area contributed by atoms with E-state index in [1.807, 2.05) is 0 Å². The minimum atomic E-state index is 0.297. The molecular weight excluding hydrogens is 262 g/mol. The molecular formula is C18H27NO2. The summed E-state index contributed by atoms with van der Waals surface area (Å²) in [5, 5.41) is 3.63. The van der Waals surface area contributed by atoms with E-state index < -0.39 is 0 Å². The van der Waals surface area contributed by atoms with Crippen LogP contribution in [0.2, 0.25) is 0 Å². The Balaban J connectivity index is 1.79. The molecule has 1 saturated carbocycles. The molecule has 0 radical (unpaired) electrons. The molecule has 1 N–H and O–H groups in total. The third kappa shape index (κ3) is 2.89. The quantitative estimate of drug-likeness (QED) is 0.813. The zero-order valence-corrected chi connectivity index (χ0v) is 13.3. The second kappa shape index (κ2) is 6.27. The molecule has 0 unspecified atom stereocenters. The first-order chi connectivity index (χ1) is 10.3. The summed E-state index contributed by atoms with van der Waals surface area (Å²) in [7, 11) is 0. The van der Waals surface area contributed by atoms with Gasteiger partial charge in [-0.05, 0) is 49.4 Å². The van der Waals surface area contributed by atoms with E-state index in [0.29, 0.717) is 18.6 Å². The summed E-state index contributed by atoms with van der Waals surface area (Å²) in [5.74, 6) is 2.70. The van der Waals surface area contributed by atoms with Crippen molar-refractivity contribution >= 4 is 0 Å². The van der Waals surface area contributed by atoms with Crippen molar-refractivity contribution in [1.82, 2.24) is 5.32 Å². The molecule has 1 aromatic carbocycles. The normalized spacial score (nSPS) is 27.2. The Morgan fingerprint density at radius 1 is 1.14 bits per heavy atom. The highest BCUT2D eigenvalue weighted by molar-refractivity contribution is 5.47. The lowest BCUT2D eigenvalue weighted by molar-refractivity contribution is 0.132. The Bertz CT molecular complexity index is 480. The van der Waals surface area contributed by atoms with Gasteiger partial charge in [0.25, 0.3) is 0 Å². The first-order valence-electron chi connectivity index (χ1n) is 8.38. The average Bonchev–Trinajstić information content (AvgIpc) is 2.49. The highest BCUT2D eigenvalue weighted by Gasteiger charge is 2.44. The Morgan fingerprint density at radius 3 is 2.62 bits per heavy atom. The topological polar surface area (TPSA) is 30.5 Å². The maximum atomic E-state index is 5.76. The number of hydrogen-bond donors (Lipinski definition) is 1. The van der Waals surface area contributed by atoms with E-state index in [0.717, 1.165) is 30.5 Å². The minimum absolute atomic E-state index is 0.297. The van der Waals surface area contributed by atoms with Crippen LogP contribution in [0.1, 0.15) is 45.1 Å². The maximum absolute atomic E-state index is 5.76. The molecule has 2 aliphatic rings. The predicted octanol–water partition coefficient (Wildman–Crippen LogP) is 3.52. The van der Waals surface area contributed by atoms with E-state index in [4.69, 9.17) is 9.47 Å². The Kier molecular flexibility index (Phi) is 4.39. The second-order valence-corrected chi connectivity index (χ2v) is 6.50. The Morgan fingerprint density at radius 2 is 1.90 bits per heavy atom. The van der Waals surface area contributed by atoms with Crippen LogP contribution in [0.3, 0.4) is 0 Å². The summed E-state index contributed by atoms with van der Waals surface area (Å²) in [4.78, 5) is 0. The van der Waals surface area contributed by atoms with Crippen LogP contribution in [0, 0.1) is 5.92 Å². The summed E-state index contributed by atoms with van der Waals surface area (Å²) in [6.45, 7) is 8.03. The van der Waals surface area contributed by atoms with E-state index in [9.17, 15) is 0 Å². The van der Waals surface area contributed by atoms with Crippen LogP contribution in [0.5, 0.6) is 11.5 Å². The minimum Gasteiger partial charge on any atom is -0.486 e. The van der Waals surface area contributed by atoms with Crippen molar-refractivity contribution in [3.8, 4) is 11.5 Å². The summed E-state index contributed by atoms with van der Waals surface area (Å²) in [6.07, 6.45) is 5.06. The highest BCUT2D eigenvalue weighted by Crippen LogP contribution is 2.50. The number of nitrogens with one attached hydrogen (secondary N) is 1. The number of rotatable bonds is 6. The molecule has 1 aliphatic carbocycles. The first-order valence-corrected chi connectivity index (χ1v) is 8.38. The van der Waals surface area contributed by atoms with Crippen LogP contribution >= 0.6 is 0 Å². The van der Waals surface area contributed by atoms with Crippen molar-refractivity contribution in [2.75, 3.05) is 26.3 Å². The van der Waals surface area contributed by atoms with E-state index in [2.05, 4.69) is 37.4 Å². The molecule has 1 heterocycles. The average molecular weight is 289 g/mol. The van der Waals surface area contributed by atoms with Gasteiger partial charge < -0.3 is 14.8 Å². The molecule has 21 heavy (non-hydrogen) atoms. The van der Waals surface area contributed by atoms with Gasteiger partial charge >= 0.3 is 0 Å². The third-order valence-electron chi connectivity index (χ3n) is 4.98. The number of ether oxygens (including phenoxy) is 2. The lowest BCUT2D eigenvalue weighted by atomic mass is 9.58. The van der Waals surface area contributed by atoms with Gasteiger partial charge in [-0.3, -0.25) is 0 Å². The molecule has 0 aromatic heterocycles. The van der Waals surface area contributed by atoms with Crippen LogP contribution in [0.4, 0.5) is 0 Å². The van der Waals surface area contributed by atoms with Gasteiger partial charge in [-0.25, -0.2) is 0 Å². The summed E-state index contributed by atoms with van der Waals surface area (Å²) in [5.41, 5.74) is 1.71. The molecule has 3 rings (SSSR count). The molecule has 0 saturated heterocycles. The summed E-state index contributed by atoms with van der Waals surface area (Å²) < 4.78 is 11.4. The van der Waals surface area contributed by atoms with Crippen LogP contribution in [0.15, 0.2) is 18.2 Å². The van der Waals surface area contributed by atoms with E-state index in [-0.39, 0.29) is 0 Å². The molecule has 116 valence electrons. The SMILES string of the molecule is CCCNCC1(c2ccc3c(c2)OCCO3)CC(CC)C1. The molecule has 0 amide bonds. The highest BCUT2D eigenvalue weighted by atomic mass is 16.6. The number of hydrogen-bond acceptors (Lipinski definition) is 3. The van der Waals surface area contributed by atoms with Crippen molar-refractivity contribution in [2.45, 2.75) is 44.9 Å². The largest absolute Gasteiger partial charge is 0.486 e. The zero-order valence-electron chi connectivity index (χ0n) is 13.3. The fraction of sp³-hybridized carbons (Fsp3) is 0.667. The van der Waals surface area contributed by atoms with Crippen molar-refractivity contribution in [3.63, 3.8) is 0 Å². The van der Waals surface area contributed by atoms with Crippen LogP contribution < -0.4 is 14.8 Å². The zero-order chi connectivity index (χ0) is 14.7. The van der Waals surface area contributed by atoms with Gasteiger partial charge in [-0.15, -0.1) is 0 Å². The molecule has 0 bridgehead atoms. The molecule has 1 aromatic rings. The molecule has 1 aliphatic heterocycles. The van der Waals surface area contributed by atoms with Crippen molar-refractivity contribution < 1.29 is 9.47 Å². The Hall–Kier alpha value is -1.22. The number of benzene rings is 1. The molecule has 1 fully saturated rings. The molecule has 3 heteroatoms. The second-order valence-electron chi connectivity index (χ2n) is 6.50. The standard InChI is InChI=1S/C18H27NO2/c1-3-7-19-13-18(11-14(4-2)12-18)15-5-6-16-17(10-15)21-9-8-20-16/h5-6,10,14,19H,3-4,7-9,11-13H2,1-2H3. The van der Waals surface area contributed by atoms with Crippen molar-refractivity contribution in [3.05, 3.63) is 23.8 Å². The summed E-state index contributed by atoms with van der Waals surface area (Å²) >= 11 is 0. The smallest absolute Gasteiger partial charge is 0.161 e. The maximum Gasteiger partial charge on any atom is 0.161 e. The van der Waals surface area contributed by atoms with Gasteiger partial charge in [0.2, 0.25) is 0 Å². The van der Waals surface area contributed by atoms with Gasteiger partial charge in [-0.2, -0.15) is 0 Å². The Labute approximate surface area is 128 Å². The fourth-order valence-corrected chi connectivity index (χ4v) is 3.69. The van der Waals surface area contributed by atoms with Crippen LogP contribution in [0.25, 0.3) is 0 Å². The fourth-order valence-electron chi connectivity index (χ4n) is 3.69. The summed E-state index contributed by atoms with van der Waals surface area (Å²) in [6, 6.07) is 6.55. The molecule has 0 spiro atoms. The third-order valence-corrected chi connectivity index (χ3v) is 4.98. The van der Waals surface area contributed by atoms with E-state index in [1.54, 1.807) is 0 Å².